The van der Waals surface area contributed by atoms with Gasteiger partial charge in [0.25, 0.3) is 0 Å². The Bertz CT molecular complexity index is 791. The summed E-state index contributed by atoms with van der Waals surface area (Å²) in [5.41, 5.74) is 2.09. The largest absolute Gasteiger partial charge is 0.370 e. The van der Waals surface area contributed by atoms with Crippen LogP contribution in [0.1, 0.15) is 41.8 Å². The maximum absolute atomic E-state index is 12.6. The summed E-state index contributed by atoms with van der Waals surface area (Å²) in [6.07, 6.45) is 6.64. The van der Waals surface area contributed by atoms with Crippen molar-refractivity contribution < 1.29 is 9.53 Å². The van der Waals surface area contributed by atoms with Crippen molar-refractivity contribution in [2.75, 3.05) is 19.7 Å². The molecule has 3 heterocycles. The summed E-state index contributed by atoms with van der Waals surface area (Å²) in [5, 5.41) is 5.33. The van der Waals surface area contributed by atoms with E-state index in [2.05, 4.69) is 28.2 Å². The second kappa shape index (κ2) is 8.72. The number of nitrogens with zero attached hydrogens (tertiary/aromatic N) is 2. The third-order valence-corrected chi connectivity index (χ3v) is 6.88. The van der Waals surface area contributed by atoms with Gasteiger partial charge in [-0.1, -0.05) is 25.0 Å². The average molecular weight is 400 g/mol. The summed E-state index contributed by atoms with van der Waals surface area (Å²) in [5.74, 6) is 0.106. The first kappa shape index (κ1) is 19.6. The van der Waals surface area contributed by atoms with Crippen molar-refractivity contribution in [3.8, 4) is 0 Å². The number of hydrogen-bond acceptors (Lipinski definition) is 5. The number of pyridine rings is 1. The van der Waals surface area contributed by atoms with E-state index < -0.39 is 0 Å². The van der Waals surface area contributed by atoms with Crippen LogP contribution in [-0.2, 0) is 22.5 Å². The molecular formula is C22H29N3O2S. The number of thiophene rings is 1. The quantitative estimate of drug-likeness (QED) is 0.838. The molecule has 0 bridgehead atoms. The van der Waals surface area contributed by atoms with Crippen LogP contribution in [0.2, 0.25) is 0 Å². The molecular weight excluding hydrogens is 370 g/mol. The van der Waals surface area contributed by atoms with Crippen LogP contribution in [0.4, 0.5) is 0 Å². The van der Waals surface area contributed by atoms with Crippen molar-refractivity contribution in [1.82, 2.24) is 15.2 Å². The molecule has 0 aromatic carbocycles. The van der Waals surface area contributed by atoms with Gasteiger partial charge in [0.15, 0.2) is 0 Å². The van der Waals surface area contributed by atoms with Gasteiger partial charge in [-0.25, -0.2) is 0 Å². The van der Waals surface area contributed by atoms with Gasteiger partial charge in [-0.3, -0.25) is 14.7 Å². The fourth-order valence-corrected chi connectivity index (χ4v) is 5.21. The molecule has 150 valence electrons. The summed E-state index contributed by atoms with van der Waals surface area (Å²) < 4.78 is 6.38. The zero-order valence-corrected chi connectivity index (χ0v) is 17.3. The lowest BCUT2D eigenvalue weighted by Crippen LogP contribution is -2.64. The second-order valence-electron chi connectivity index (χ2n) is 8.01. The number of carbonyl (C=O) groups excluding carboxylic acids is 1. The molecule has 1 N–H and O–H groups in total. The molecule has 1 spiro atoms. The highest BCUT2D eigenvalue weighted by Crippen LogP contribution is 2.35. The van der Waals surface area contributed by atoms with Crippen molar-refractivity contribution in [2.45, 2.75) is 57.2 Å². The molecule has 4 rings (SSSR count). The number of aromatic nitrogens is 1. The van der Waals surface area contributed by atoms with Crippen LogP contribution in [0.5, 0.6) is 0 Å². The zero-order valence-electron chi connectivity index (χ0n) is 16.5. The first-order chi connectivity index (χ1) is 13.6. The zero-order chi connectivity index (χ0) is 19.4. The van der Waals surface area contributed by atoms with E-state index >= 15 is 0 Å². The summed E-state index contributed by atoms with van der Waals surface area (Å²) >= 11 is 1.64. The van der Waals surface area contributed by atoms with E-state index in [0.29, 0.717) is 13.0 Å². The number of rotatable bonds is 5. The summed E-state index contributed by atoms with van der Waals surface area (Å²) in [6, 6.07) is 8.21. The molecule has 2 aromatic heterocycles. The Morgan fingerprint density at radius 1 is 1.39 bits per heavy atom. The molecule has 1 amide bonds. The van der Waals surface area contributed by atoms with E-state index in [4.69, 9.17) is 4.74 Å². The van der Waals surface area contributed by atoms with E-state index in [1.165, 1.54) is 5.56 Å². The van der Waals surface area contributed by atoms with Gasteiger partial charge in [-0.2, -0.15) is 0 Å². The van der Waals surface area contributed by atoms with Gasteiger partial charge in [0.2, 0.25) is 5.91 Å². The lowest BCUT2D eigenvalue weighted by molar-refractivity contribution is -0.151. The Labute approximate surface area is 171 Å². The minimum Gasteiger partial charge on any atom is -0.370 e. The Kier molecular flexibility index (Phi) is 6.09. The summed E-state index contributed by atoms with van der Waals surface area (Å²) in [7, 11) is 0. The Hall–Kier alpha value is -1.76. The van der Waals surface area contributed by atoms with E-state index in [1.807, 2.05) is 29.8 Å². The smallest absolute Gasteiger partial charge is 0.225 e. The Morgan fingerprint density at radius 2 is 2.32 bits per heavy atom. The highest BCUT2D eigenvalue weighted by molar-refractivity contribution is 7.10. The molecule has 6 heteroatoms. The van der Waals surface area contributed by atoms with Gasteiger partial charge < -0.3 is 10.1 Å². The van der Waals surface area contributed by atoms with Gasteiger partial charge in [0.1, 0.15) is 5.60 Å². The fraction of sp³-hybridized carbons (Fsp3) is 0.545. The second-order valence-corrected chi connectivity index (χ2v) is 9.05. The molecule has 5 nitrogen and oxygen atoms in total. The van der Waals surface area contributed by atoms with E-state index in [9.17, 15) is 4.79 Å². The van der Waals surface area contributed by atoms with Crippen molar-refractivity contribution in [1.29, 1.82) is 0 Å². The van der Waals surface area contributed by atoms with E-state index in [1.54, 1.807) is 11.3 Å². The van der Waals surface area contributed by atoms with Crippen LogP contribution in [0.3, 0.4) is 0 Å². The summed E-state index contributed by atoms with van der Waals surface area (Å²) in [6.45, 7) is 5.43. The van der Waals surface area contributed by atoms with Crippen LogP contribution in [0, 0.1) is 6.92 Å². The average Bonchev–Trinajstić information content (AvgIpc) is 3.19. The predicted molar refractivity (Wildman–Crippen MR) is 111 cm³/mol. The number of nitrogens with one attached hydrogen (secondary N) is 1. The molecule has 2 aromatic rings. The number of aryl methyl sites for hydroxylation is 1. The molecule has 28 heavy (non-hydrogen) atoms. The first-order valence-electron chi connectivity index (χ1n) is 10.2. The lowest BCUT2D eigenvalue weighted by Gasteiger charge is -2.49. The van der Waals surface area contributed by atoms with Gasteiger partial charge in [-0.15, -0.1) is 11.3 Å². The molecule has 2 aliphatic rings. The Balaban J connectivity index is 1.44. The molecule has 0 radical (unpaired) electrons. The molecule has 1 aliphatic carbocycles. The van der Waals surface area contributed by atoms with Crippen molar-refractivity contribution in [2.24, 2.45) is 0 Å². The topological polar surface area (TPSA) is 54.5 Å². The van der Waals surface area contributed by atoms with E-state index in [0.717, 1.165) is 55.9 Å². The molecule has 2 fully saturated rings. The minimum absolute atomic E-state index is 0.0846. The molecule has 1 aliphatic heterocycles. The van der Waals surface area contributed by atoms with Crippen LogP contribution in [0.15, 0.2) is 35.8 Å². The highest BCUT2D eigenvalue weighted by atomic mass is 32.1. The van der Waals surface area contributed by atoms with Crippen molar-refractivity contribution >= 4 is 17.2 Å². The first-order valence-corrected chi connectivity index (χ1v) is 11.1. The maximum Gasteiger partial charge on any atom is 0.225 e. The van der Waals surface area contributed by atoms with Crippen LogP contribution < -0.4 is 5.32 Å². The normalized spacial score (nSPS) is 25.7. The van der Waals surface area contributed by atoms with E-state index in [-0.39, 0.29) is 17.6 Å². The van der Waals surface area contributed by atoms with Crippen molar-refractivity contribution in [3.05, 3.63) is 52.0 Å². The SMILES string of the molecule is Cc1cccnc1CN1CCO[C@]2(CCCC[C@H]2NC(=O)Cc2cccs2)C1. The van der Waals surface area contributed by atoms with Gasteiger partial charge >= 0.3 is 0 Å². The van der Waals surface area contributed by atoms with Crippen LogP contribution >= 0.6 is 11.3 Å². The highest BCUT2D eigenvalue weighted by Gasteiger charge is 2.45. The van der Waals surface area contributed by atoms with Crippen LogP contribution in [-0.4, -0.2) is 47.1 Å². The number of hydrogen-bond donors (Lipinski definition) is 1. The third kappa shape index (κ3) is 4.45. The molecule has 1 saturated heterocycles. The molecule has 2 atom stereocenters. The lowest BCUT2D eigenvalue weighted by atomic mass is 9.78. The number of morpholine rings is 1. The molecule has 1 saturated carbocycles. The monoisotopic (exact) mass is 399 g/mol. The third-order valence-electron chi connectivity index (χ3n) is 6.01. The maximum atomic E-state index is 12.6. The number of ether oxygens (including phenoxy) is 1. The minimum atomic E-state index is -0.274. The number of amides is 1. The van der Waals surface area contributed by atoms with Gasteiger partial charge in [0.05, 0.1) is 24.8 Å². The van der Waals surface area contributed by atoms with Gasteiger partial charge in [-0.05, 0) is 42.8 Å². The summed E-state index contributed by atoms with van der Waals surface area (Å²) in [4.78, 5) is 20.8. The van der Waals surface area contributed by atoms with Crippen molar-refractivity contribution in [3.63, 3.8) is 0 Å². The van der Waals surface area contributed by atoms with Gasteiger partial charge in [0, 0.05) is 30.7 Å². The standard InChI is InChI=1S/C22H29N3O2S/c1-17-6-4-10-23-19(17)15-25-11-12-27-22(16-25)9-3-2-8-20(22)24-21(26)14-18-7-5-13-28-18/h4-7,10,13,20H,2-3,8-9,11-12,14-16H2,1H3,(H,24,26)/t20-,22-/m1/s1. The Morgan fingerprint density at radius 3 is 3.14 bits per heavy atom. The number of carbonyl (C=O) groups is 1. The van der Waals surface area contributed by atoms with Crippen LogP contribution in [0.25, 0.3) is 0 Å². The molecule has 0 unspecified atom stereocenters. The fourth-order valence-electron chi connectivity index (χ4n) is 4.50. The predicted octanol–water partition coefficient (Wildman–Crippen LogP) is 3.32.